The van der Waals surface area contributed by atoms with E-state index < -0.39 is 0 Å². The predicted octanol–water partition coefficient (Wildman–Crippen LogP) is 1.34. The molecule has 0 radical (unpaired) electrons. The zero-order valence-electron chi connectivity index (χ0n) is 17.3. The van der Waals surface area contributed by atoms with Crippen molar-refractivity contribution in [2.75, 3.05) is 13.7 Å². The first-order valence-corrected chi connectivity index (χ1v) is 10.1. The van der Waals surface area contributed by atoms with Crippen molar-refractivity contribution in [1.82, 2.24) is 30.4 Å². The van der Waals surface area contributed by atoms with E-state index in [1.807, 2.05) is 18.5 Å². The second kappa shape index (κ2) is 9.69. The monoisotopic (exact) mass is 402 g/mol. The smallest absolute Gasteiger partial charge is 0.267 e. The fraction of sp³-hybridized carbons (Fsp3) is 0.600. The summed E-state index contributed by atoms with van der Waals surface area (Å²) in [6.45, 7) is 5.10. The number of methoxy groups -OCH3 is 1. The Labute approximate surface area is 170 Å². The molecule has 9 nitrogen and oxygen atoms in total. The molecule has 0 aliphatic heterocycles. The Kier molecular flexibility index (Phi) is 7.03. The molecule has 1 fully saturated rings. The van der Waals surface area contributed by atoms with Crippen LogP contribution < -0.4 is 10.6 Å². The number of nitrogens with one attached hydrogen (secondary N) is 3. The second-order valence-electron chi connectivity index (χ2n) is 7.52. The highest BCUT2D eigenvalue weighted by Gasteiger charge is 2.35. The Balaban J connectivity index is 1.47. The molecular formula is C20H30N6O3. The first kappa shape index (κ1) is 21.0. The largest absolute Gasteiger partial charge is 0.379 e. The van der Waals surface area contributed by atoms with Crippen LogP contribution in [-0.2, 0) is 16.1 Å². The predicted molar refractivity (Wildman–Crippen MR) is 107 cm³/mol. The number of hydrogen-bond donors (Lipinski definition) is 3. The van der Waals surface area contributed by atoms with Crippen molar-refractivity contribution >= 4 is 11.8 Å². The molecule has 3 rings (SSSR count). The molecule has 0 saturated heterocycles. The average molecular weight is 402 g/mol. The van der Waals surface area contributed by atoms with Gasteiger partial charge in [0.1, 0.15) is 17.3 Å². The summed E-state index contributed by atoms with van der Waals surface area (Å²) in [7, 11) is 1.65. The maximum atomic E-state index is 12.6. The fourth-order valence-corrected chi connectivity index (χ4v) is 3.89. The van der Waals surface area contributed by atoms with E-state index in [9.17, 15) is 9.59 Å². The summed E-state index contributed by atoms with van der Waals surface area (Å²) in [6, 6.07) is 3.31. The van der Waals surface area contributed by atoms with Crippen molar-refractivity contribution in [3.05, 3.63) is 35.7 Å². The van der Waals surface area contributed by atoms with Gasteiger partial charge in [-0.1, -0.05) is 0 Å². The lowest BCUT2D eigenvalue weighted by molar-refractivity contribution is -0.127. The highest BCUT2D eigenvalue weighted by Crippen LogP contribution is 2.27. The van der Waals surface area contributed by atoms with Crippen molar-refractivity contribution in [2.24, 2.45) is 5.92 Å². The van der Waals surface area contributed by atoms with Crippen molar-refractivity contribution in [3.63, 3.8) is 0 Å². The number of carbonyl (C=O) groups excluding carboxylic acids is 2. The van der Waals surface area contributed by atoms with E-state index in [0.717, 1.165) is 37.5 Å². The third-order valence-electron chi connectivity index (χ3n) is 5.43. The molecule has 3 atom stereocenters. The maximum absolute atomic E-state index is 12.6. The molecule has 2 aromatic rings. The van der Waals surface area contributed by atoms with Gasteiger partial charge in [0.25, 0.3) is 5.91 Å². The van der Waals surface area contributed by atoms with Crippen LogP contribution in [0.4, 0.5) is 0 Å². The molecule has 1 aliphatic rings. The molecular weight excluding hydrogens is 372 g/mol. The van der Waals surface area contributed by atoms with Crippen LogP contribution in [0.25, 0.3) is 0 Å². The van der Waals surface area contributed by atoms with Gasteiger partial charge in [-0.25, -0.2) is 4.98 Å². The fourth-order valence-electron chi connectivity index (χ4n) is 3.89. The number of carbonyl (C=O) groups is 2. The summed E-state index contributed by atoms with van der Waals surface area (Å²) in [4.78, 5) is 32.2. The van der Waals surface area contributed by atoms with Crippen molar-refractivity contribution < 1.29 is 14.3 Å². The minimum Gasteiger partial charge on any atom is -0.379 e. The minimum absolute atomic E-state index is 0.0326. The first-order valence-electron chi connectivity index (χ1n) is 10.1. The van der Waals surface area contributed by atoms with Crippen LogP contribution in [0.1, 0.15) is 47.8 Å². The summed E-state index contributed by atoms with van der Waals surface area (Å²) in [6.07, 6.45) is 4.47. The van der Waals surface area contributed by atoms with Crippen LogP contribution >= 0.6 is 0 Å². The Bertz CT molecular complexity index is 816. The van der Waals surface area contributed by atoms with E-state index in [1.165, 1.54) is 0 Å². The molecule has 158 valence electrons. The third-order valence-corrected chi connectivity index (χ3v) is 5.43. The zero-order valence-corrected chi connectivity index (χ0v) is 17.3. The van der Waals surface area contributed by atoms with Gasteiger partial charge in [0.2, 0.25) is 5.91 Å². The van der Waals surface area contributed by atoms with E-state index >= 15 is 0 Å². The topological polar surface area (TPSA) is 114 Å². The molecule has 29 heavy (non-hydrogen) atoms. The molecule has 2 aromatic heterocycles. The number of aromatic amines is 1. The molecule has 1 saturated carbocycles. The normalized spacial score (nSPS) is 21.7. The Morgan fingerprint density at radius 3 is 2.83 bits per heavy atom. The van der Waals surface area contributed by atoms with Gasteiger partial charge >= 0.3 is 0 Å². The molecule has 0 bridgehead atoms. The minimum atomic E-state index is -0.193. The number of aryl methyl sites for hydroxylation is 3. The van der Waals surface area contributed by atoms with Crippen molar-refractivity contribution in [1.29, 1.82) is 0 Å². The second-order valence-corrected chi connectivity index (χ2v) is 7.52. The summed E-state index contributed by atoms with van der Waals surface area (Å²) in [5.41, 5.74) is 0.505. The quantitative estimate of drug-likeness (QED) is 0.577. The number of nitrogens with zero attached hydrogens (tertiary/aromatic N) is 3. The molecule has 0 spiro atoms. The lowest BCUT2D eigenvalue weighted by Gasteiger charge is -2.35. The summed E-state index contributed by atoms with van der Waals surface area (Å²) in [5.74, 6) is 1.36. The van der Waals surface area contributed by atoms with Crippen LogP contribution in [0.15, 0.2) is 18.3 Å². The van der Waals surface area contributed by atoms with E-state index in [2.05, 4.69) is 25.7 Å². The van der Waals surface area contributed by atoms with Gasteiger partial charge in [-0.2, -0.15) is 5.10 Å². The lowest BCUT2D eigenvalue weighted by Crippen LogP contribution is -2.50. The first-order chi connectivity index (χ1) is 14.0. The number of H-pyrrole nitrogens is 1. The molecule has 2 heterocycles. The van der Waals surface area contributed by atoms with Gasteiger partial charge in [-0.15, -0.1) is 0 Å². The van der Waals surface area contributed by atoms with E-state index in [0.29, 0.717) is 18.7 Å². The molecule has 0 unspecified atom stereocenters. The molecule has 0 aromatic carbocycles. The van der Waals surface area contributed by atoms with Crippen LogP contribution in [0.2, 0.25) is 0 Å². The van der Waals surface area contributed by atoms with E-state index in [1.54, 1.807) is 25.4 Å². The van der Waals surface area contributed by atoms with Crippen LogP contribution in [0, 0.1) is 19.8 Å². The Hall–Kier alpha value is -2.68. The molecule has 9 heteroatoms. The number of rotatable bonds is 8. The maximum Gasteiger partial charge on any atom is 0.267 e. The van der Waals surface area contributed by atoms with Gasteiger partial charge in [0.05, 0.1) is 12.1 Å². The standard InChI is InChI=1S/C20H30N6O3/c1-13-23-14(2)26(25-13)11-5-10-22-19(27)15-7-8-18(29-3)17(12-15)24-20(28)16-6-4-9-21-16/h4,6,9,15,17-18,21H,5,7-8,10-12H2,1-3H3,(H,22,27)(H,24,28)/t15-,17+,18+/m0/s1. The number of amides is 2. The van der Waals surface area contributed by atoms with Crippen LogP contribution in [0.3, 0.4) is 0 Å². The lowest BCUT2D eigenvalue weighted by atomic mass is 9.83. The number of aromatic nitrogens is 4. The van der Waals surface area contributed by atoms with Gasteiger partial charge in [-0.05, 0) is 51.7 Å². The van der Waals surface area contributed by atoms with Crippen molar-refractivity contribution in [3.8, 4) is 0 Å². The molecule has 2 amide bonds. The van der Waals surface area contributed by atoms with Crippen molar-refractivity contribution in [2.45, 2.75) is 58.2 Å². The highest BCUT2D eigenvalue weighted by atomic mass is 16.5. The Morgan fingerprint density at radius 2 is 2.17 bits per heavy atom. The number of ether oxygens (including phenoxy) is 1. The van der Waals surface area contributed by atoms with E-state index in [4.69, 9.17) is 4.74 Å². The summed E-state index contributed by atoms with van der Waals surface area (Å²) in [5, 5.41) is 10.4. The van der Waals surface area contributed by atoms with Crippen LogP contribution in [-0.4, -0.2) is 57.4 Å². The van der Waals surface area contributed by atoms with Gasteiger partial charge in [0, 0.05) is 32.3 Å². The van der Waals surface area contributed by atoms with Gasteiger partial charge < -0.3 is 20.4 Å². The molecule has 1 aliphatic carbocycles. The highest BCUT2D eigenvalue weighted by molar-refractivity contribution is 5.92. The summed E-state index contributed by atoms with van der Waals surface area (Å²) >= 11 is 0. The van der Waals surface area contributed by atoms with Gasteiger partial charge in [0.15, 0.2) is 0 Å². The number of hydrogen-bond acceptors (Lipinski definition) is 5. The average Bonchev–Trinajstić information content (AvgIpc) is 3.34. The third kappa shape index (κ3) is 5.44. The van der Waals surface area contributed by atoms with Gasteiger partial charge in [-0.3, -0.25) is 14.3 Å². The van der Waals surface area contributed by atoms with Crippen LogP contribution in [0.5, 0.6) is 0 Å². The summed E-state index contributed by atoms with van der Waals surface area (Å²) < 4.78 is 7.40. The zero-order chi connectivity index (χ0) is 20.8. The Morgan fingerprint density at radius 1 is 1.34 bits per heavy atom. The SMILES string of the molecule is CO[C@@H]1CC[C@H](C(=O)NCCCn2nc(C)nc2C)C[C@H]1NC(=O)c1ccc[nH]1. The van der Waals surface area contributed by atoms with E-state index in [-0.39, 0.29) is 29.9 Å². The molecule has 3 N–H and O–H groups in total.